The van der Waals surface area contributed by atoms with E-state index in [0.717, 1.165) is 74.6 Å². The van der Waals surface area contributed by atoms with Crippen molar-refractivity contribution in [1.82, 2.24) is 25.3 Å². The summed E-state index contributed by atoms with van der Waals surface area (Å²) in [4.78, 5) is 18.6. The maximum Gasteiger partial charge on any atom is 0.225 e. The SMILES string of the molecule is CN(C)C(=O)C1CCN(c2cc(-c3ccccc3Oc3ccc(C4CCN(c5cc(-c6ccccc6O)nnc5N)CC4)cc3)nnc2N)CC1. The van der Waals surface area contributed by atoms with Crippen LogP contribution in [0.2, 0.25) is 0 Å². The van der Waals surface area contributed by atoms with Crippen molar-refractivity contribution in [2.75, 3.05) is 61.5 Å². The predicted molar refractivity (Wildman–Crippen MR) is 200 cm³/mol. The highest BCUT2D eigenvalue weighted by Gasteiger charge is 2.28. The van der Waals surface area contributed by atoms with Crippen LogP contribution in [-0.2, 0) is 4.79 Å². The van der Waals surface area contributed by atoms with Crippen molar-refractivity contribution in [1.29, 1.82) is 0 Å². The maximum absolute atomic E-state index is 12.5. The third-order valence-electron chi connectivity index (χ3n) is 9.99. The van der Waals surface area contributed by atoms with Gasteiger partial charge in [-0.3, -0.25) is 4.79 Å². The number of carbonyl (C=O) groups is 1. The maximum atomic E-state index is 12.5. The molecule has 5 N–H and O–H groups in total. The summed E-state index contributed by atoms with van der Waals surface area (Å²) in [6, 6.07) is 27.1. The van der Waals surface area contributed by atoms with E-state index in [1.165, 1.54) is 5.56 Å². The first-order valence-electron chi connectivity index (χ1n) is 17.4. The molecule has 4 heterocycles. The Morgan fingerprint density at radius 1 is 0.725 bits per heavy atom. The van der Waals surface area contributed by atoms with Crippen LogP contribution >= 0.6 is 0 Å². The summed E-state index contributed by atoms with van der Waals surface area (Å²) >= 11 is 0. The molecule has 5 aromatic rings. The van der Waals surface area contributed by atoms with E-state index in [4.69, 9.17) is 16.2 Å². The first-order chi connectivity index (χ1) is 24.7. The smallest absolute Gasteiger partial charge is 0.225 e. The molecule has 12 nitrogen and oxygen atoms in total. The van der Waals surface area contributed by atoms with Crippen LogP contribution in [0.3, 0.4) is 0 Å². The number of nitrogens with zero attached hydrogens (tertiary/aromatic N) is 7. The number of aromatic hydroxyl groups is 1. The van der Waals surface area contributed by atoms with Gasteiger partial charge in [0.2, 0.25) is 5.91 Å². The Morgan fingerprint density at radius 3 is 1.84 bits per heavy atom. The van der Waals surface area contributed by atoms with Crippen LogP contribution < -0.4 is 26.0 Å². The number of para-hydroxylation sites is 2. The molecule has 2 aliphatic rings. The van der Waals surface area contributed by atoms with Gasteiger partial charge in [0.05, 0.1) is 22.8 Å². The van der Waals surface area contributed by atoms with Crippen molar-refractivity contribution >= 4 is 28.9 Å². The Bertz CT molecular complexity index is 2000. The van der Waals surface area contributed by atoms with Gasteiger partial charge in [-0.2, -0.15) is 0 Å². The van der Waals surface area contributed by atoms with Gasteiger partial charge in [0.1, 0.15) is 17.2 Å². The number of rotatable bonds is 8. The fourth-order valence-electron chi connectivity index (χ4n) is 7.13. The number of amides is 1. The fraction of sp³-hybridized carbons (Fsp3) is 0.308. The molecule has 0 spiro atoms. The number of hydrogen-bond donors (Lipinski definition) is 3. The molecule has 1 amide bonds. The number of anilines is 4. The fourth-order valence-corrected chi connectivity index (χ4v) is 7.13. The number of hydrogen-bond acceptors (Lipinski definition) is 11. The summed E-state index contributed by atoms with van der Waals surface area (Å²) in [6.07, 6.45) is 3.44. The second-order valence-corrected chi connectivity index (χ2v) is 13.4. The average Bonchev–Trinajstić information content (AvgIpc) is 3.16. The molecule has 7 rings (SSSR count). The summed E-state index contributed by atoms with van der Waals surface area (Å²) in [5.74, 6) is 2.90. The van der Waals surface area contributed by atoms with Crippen LogP contribution in [0.25, 0.3) is 22.5 Å². The molecule has 0 radical (unpaired) electrons. The highest BCUT2D eigenvalue weighted by atomic mass is 16.5. The lowest BCUT2D eigenvalue weighted by atomic mass is 9.89. The summed E-state index contributed by atoms with van der Waals surface area (Å²) in [7, 11) is 3.61. The van der Waals surface area contributed by atoms with Gasteiger partial charge < -0.3 is 36.0 Å². The van der Waals surface area contributed by atoms with Crippen molar-refractivity contribution in [3.63, 3.8) is 0 Å². The van der Waals surface area contributed by atoms with E-state index in [9.17, 15) is 9.90 Å². The molecule has 3 aromatic carbocycles. The van der Waals surface area contributed by atoms with Crippen molar-refractivity contribution in [2.24, 2.45) is 5.92 Å². The zero-order chi connectivity index (χ0) is 35.5. The molecule has 0 unspecified atom stereocenters. The number of ether oxygens (including phenoxy) is 1. The normalized spacial score (nSPS) is 15.5. The first kappa shape index (κ1) is 33.6. The summed E-state index contributed by atoms with van der Waals surface area (Å²) in [6.45, 7) is 3.09. The Hall–Kier alpha value is -5.91. The average molecular weight is 686 g/mol. The van der Waals surface area contributed by atoms with Crippen LogP contribution in [0.1, 0.15) is 37.2 Å². The van der Waals surface area contributed by atoms with Crippen LogP contribution in [0, 0.1) is 5.92 Å². The van der Waals surface area contributed by atoms with E-state index in [0.29, 0.717) is 40.3 Å². The molecule has 0 aliphatic carbocycles. The lowest BCUT2D eigenvalue weighted by molar-refractivity contribution is -0.133. The van der Waals surface area contributed by atoms with Gasteiger partial charge in [-0.15, -0.1) is 20.4 Å². The molecule has 2 aromatic heterocycles. The van der Waals surface area contributed by atoms with Gasteiger partial charge in [0, 0.05) is 57.3 Å². The Balaban J connectivity index is 1.01. The number of nitrogens with two attached hydrogens (primary N) is 2. The highest BCUT2D eigenvalue weighted by Crippen LogP contribution is 2.38. The Morgan fingerprint density at radius 2 is 1.25 bits per heavy atom. The van der Waals surface area contributed by atoms with Gasteiger partial charge in [0.15, 0.2) is 11.6 Å². The van der Waals surface area contributed by atoms with Crippen molar-refractivity contribution < 1.29 is 14.6 Å². The number of phenols is 1. The van der Waals surface area contributed by atoms with Crippen molar-refractivity contribution in [3.8, 4) is 39.8 Å². The molecule has 262 valence electrons. The van der Waals surface area contributed by atoms with E-state index in [1.807, 2.05) is 60.7 Å². The van der Waals surface area contributed by atoms with E-state index in [-0.39, 0.29) is 17.6 Å². The van der Waals surface area contributed by atoms with Crippen LogP contribution in [0.4, 0.5) is 23.0 Å². The lowest BCUT2D eigenvalue weighted by Gasteiger charge is -2.34. The van der Waals surface area contributed by atoms with Crippen molar-refractivity contribution in [2.45, 2.75) is 31.6 Å². The minimum atomic E-state index is 0.0228. The van der Waals surface area contributed by atoms with E-state index in [2.05, 4.69) is 42.3 Å². The summed E-state index contributed by atoms with van der Waals surface area (Å²) in [5, 5.41) is 27.5. The van der Waals surface area contributed by atoms with E-state index in [1.54, 1.807) is 31.1 Å². The van der Waals surface area contributed by atoms with Gasteiger partial charge in [0.25, 0.3) is 0 Å². The molecule has 51 heavy (non-hydrogen) atoms. The third kappa shape index (κ3) is 7.21. The molecule has 2 saturated heterocycles. The third-order valence-corrected chi connectivity index (χ3v) is 9.99. The highest BCUT2D eigenvalue weighted by molar-refractivity contribution is 5.79. The number of piperidine rings is 2. The van der Waals surface area contributed by atoms with E-state index < -0.39 is 0 Å². The quantitative estimate of drug-likeness (QED) is 0.177. The van der Waals surface area contributed by atoms with Gasteiger partial charge in [-0.25, -0.2) is 0 Å². The molecule has 0 atom stereocenters. The first-order valence-corrected chi connectivity index (χ1v) is 17.4. The molecule has 0 bridgehead atoms. The van der Waals surface area contributed by atoms with Crippen LogP contribution in [0.15, 0.2) is 84.9 Å². The minimum Gasteiger partial charge on any atom is -0.507 e. The summed E-state index contributed by atoms with van der Waals surface area (Å²) in [5.41, 5.74) is 18.2. The second-order valence-electron chi connectivity index (χ2n) is 13.4. The molecule has 0 saturated carbocycles. The molecule has 2 aliphatic heterocycles. The van der Waals surface area contributed by atoms with Gasteiger partial charge >= 0.3 is 0 Å². The predicted octanol–water partition coefficient (Wildman–Crippen LogP) is 5.95. The van der Waals surface area contributed by atoms with E-state index >= 15 is 0 Å². The van der Waals surface area contributed by atoms with Crippen molar-refractivity contribution in [3.05, 3.63) is 90.5 Å². The second kappa shape index (κ2) is 14.5. The number of nitrogen functional groups attached to an aromatic ring is 2. The number of phenolic OH excluding ortho intramolecular Hbond substituents is 1. The monoisotopic (exact) mass is 685 g/mol. The largest absolute Gasteiger partial charge is 0.507 e. The lowest BCUT2D eigenvalue weighted by Crippen LogP contribution is -2.40. The zero-order valence-corrected chi connectivity index (χ0v) is 28.9. The number of aromatic nitrogens is 4. The number of benzene rings is 3. The number of carbonyl (C=O) groups excluding carboxylic acids is 1. The molecule has 12 heteroatoms. The molecular weight excluding hydrogens is 642 g/mol. The molecule has 2 fully saturated rings. The van der Waals surface area contributed by atoms with Crippen LogP contribution in [0.5, 0.6) is 17.2 Å². The molecular formula is C39H43N9O3. The Labute approximate surface area is 297 Å². The topological polar surface area (TPSA) is 160 Å². The Kier molecular flexibility index (Phi) is 9.56. The zero-order valence-electron chi connectivity index (χ0n) is 28.9. The van der Waals surface area contributed by atoms with Gasteiger partial charge in [-0.1, -0.05) is 36.4 Å². The minimum absolute atomic E-state index is 0.0228. The standard InChI is InChI=1S/C39H43N9O3/c1-46(2)39(50)27-17-21-48(22-18-27)34-24-32(43-45-38(34)41)30-8-4-6-10-36(30)51-28-13-11-25(12-14-28)26-15-19-47(20-16-26)33-23-31(42-44-37(33)40)29-7-3-5-9-35(29)49/h3-14,23-24,26-27,49H,15-22H2,1-2H3,(H2,40,44)(H2,41,45). The van der Waals surface area contributed by atoms with Gasteiger partial charge in [-0.05, 0) is 85.7 Å². The van der Waals surface area contributed by atoms with Crippen LogP contribution in [-0.4, -0.2) is 76.6 Å². The summed E-state index contributed by atoms with van der Waals surface area (Å²) < 4.78 is 6.42.